The van der Waals surface area contributed by atoms with Crippen molar-refractivity contribution in [3.8, 4) is 5.75 Å². The van der Waals surface area contributed by atoms with E-state index in [0.717, 1.165) is 0 Å². The second kappa shape index (κ2) is 7.33. The quantitative estimate of drug-likeness (QED) is 0.921. The molecule has 106 valence electrons. The topological polar surface area (TPSA) is 51.2 Å². The van der Waals surface area contributed by atoms with Crippen LogP contribution < -0.4 is 10.1 Å². The molecule has 1 amide bonds. The Labute approximate surface area is 132 Å². The maximum absolute atomic E-state index is 12.0. The molecule has 0 aliphatic rings. The van der Waals surface area contributed by atoms with E-state index in [2.05, 4.69) is 10.3 Å². The van der Waals surface area contributed by atoms with Crippen molar-refractivity contribution < 1.29 is 9.53 Å². The van der Waals surface area contributed by atoms with Crippen LogP contribution in [0.5, 0.6) is 5.75 Å². The number of halogens is 3. The number of nitrogens with one attached hydrogen (secondary N) is 1. The van der Waals surface area contributed by atoms with Gasteiger partial charge in [-0.15, -0.1) is 12.4 Å². The third kappa shape index (κ3) is 3.76. The largest absolute Gasteiger partial charge is 0.495 e. The highest BCUT2D eigenvalue weighted by Gasteiger charge is 2.11. The van der Waals surface area contributed by atoms with Crippen LogP contribution in [0.2, 0.25) is 10.0 Å². The van der Waals surface area contributed by atoms with Crippen LogP contribution in [0.4, 0.5) is 5.69 Å². The zero-order chi connectivity index (χ0) is 13.8. The number of carbonyl (C=O) groups excluding carboxylic acids is 1. The molecule has 1 heterocycles. The number of nitrogens with zero attached hydrogens (tertiary/aromatic N) is 1. The fourth-order valence-electron chi connectivity index (χ4n) is 1.48. The summed E-state index contributed by atoms with van der Waals surface area (Å²) in [6.45, 7) is 0. The van der Waals surface area contributed by atoms with Gasteiger partial charge in [0, 0.05) is 24.0 Å². The molecule has 0 saturated heterocycles. The number of anilines is 1. The van der Waals surface area contributed by atoms with E-state index in [9.17, 15) is 4.79 Å². The lowest BCUT2D eigenvalue weighted by atomic mass is 10.2. The Balaban J connectivity index is 0.00000200. The molecule has 0 unspecified atom stereocenters. The third-order valence-corrected chi connectivity index (χ3v) is 3.04. The van der Waals surface area contributed by atoms with Gasteiger partial charge in [-0.1, -0.05) is 23.2 Å². The molecule has 1 N–H and O–H groups in total. The number of carbonyl (C=O) groups is 1. The molecule has 0 atom stereocenters. The minimum absolute atomic E-state index is 0. The number of rotatable bonds is 3. The molecule has 7 heteroatoms. The lowest BCUT2D eigenvalue weighted by Crippen LogP contribution is -2.12. The van der Waals surface area contributed by atoms with Crippen LogP contribution in [-0.2, 0) is 0 Å². The van der Waals surface area contributed by atoms with Gasteiger partial charge in [-0.3, -0.25) is 9.78 Å². The summed E-state index contributed by atoms with van der Waals surface area (Å²) in [4.78, 5) is 15.8. The summed E-state index contributed by atoms with van der Waals surface area (Å²) in [7, 11) is 1.49. The smallest absolute Gasteiger partial charge is 0.255 e. The number of aromatic nitrogens is 1. The zero-order valence-corrected chi connectivity index (χ0v) is 12.7. The van der Waals surface area contributed by atoms with Crippen molar-refractivity contribution in [3.05, 3.63) is 52.3 Å². The van der Waals surface area contributed by atoms with Gasteiger partial charge in [0.1, 0.15) is 5.75 Å². The van der Waals surface area contributed by atoms with Crippen LogP contribution in [0.1, 0.15) is 10.4 Å². The molecule has 4 nitrogen and oxygen atoms in total. The van der Waals surface area contributed by atoms with Crippen molar-refractivity contribution in [1.82, 2.24) is 4.98 Å². The van der Waals surface area contributed by atoms with Gasteiger partial charge in [0.05, 0.1) is 22.8 Å². The molecule has 0 saturated carbocycles. The van der Waals surface area contributed by atoms with Crippen LogP contribution in [0, 0.1) is 0 Å². The molecule has 2 rings (SSSR count). The Kier molecular flexibility index (Phi) is 6.07. The summed E-state index contributed by atoms with van der Waals surface area (Å²) in [5, 5.41) is 3.40. The average Bonchev–Trinajstić information content (AvgIpc) is 2.43. The summed E-state index contributed by atoms with van der Waals surface area (Å²) < 4.78 is 5.03. The lowest BCUT2D eigenvalue weighted by Gasteiger charge is -2.10. The van der Waals surface area contributed by atoms with E-state index in [0.29, 0.717) is 27.0 Å². The first-order valence-electron chi connectivity index (χ1n) is 5.36. The van der Waals surface area contributed by atoms with E-state index in [-0.39, 0.29) is 18.3 Å². The Bertz CT molecular complexity index is 606. The molecule has 0 aliphatic heterocycles. The van der Waals surface area contributed by atoms with Crippen molar-refractivity contribution in [1.29, 1.82) is 0 Å². The van der Waals surface area contributed by atoms with Crippen LogP contribution in [0.25, 0.3) is 0 Å². The number of amides is 1. The second-order valence-electron chi connectivity index (χ2n) is 3.66. The van der Waals surface area contributed by atoms with Crippen LogP contribution in [0.3, 0.4) is 0 Å². The summed E-state index contributed by atoms with van der Waals surface area (Å²) in [6, 6.07) is 6.30. The molecule has 1 aromatic carbocycles. The fraction of sp³-hybridized carbons (Fsp3) is 0.0769. The van der Waals surface area contributed by atoms with Gasteiger partial charge in [0.15, 0.2) is 0 Å². The highest BCUT2D eigenvalue weighted by Crippen LogP contribution is 2.34. The third-order valence-electron chi connectivity index (χ3n) is 2.43. The Hall–Kier alpha value is -1.49. The number of hydrogen-bond acceptors (Lipinski definition) is 3. The molecule has 1 aromatic heterocycles. The maximum Gasteiger partial charge on any atom is 0.255 e. The summed E-state index contributed by atoms with van der Waals surface area (Å²) in [6.07, 6.45) is 3.08. The normalized spacial score (nSPS) is 9.55. The van der Waals surface area contributed by atoms with E-state index in [1.165, 1.54) is 19.5 Å². The van der Waals surface area contributed by atoms with Crippen molar-refractivity contribution in [2.75, 3.05) is 12.4 Å². The van der Waals surface area contributed by atoms with Gasteiger partial charge in [-0.05, 0) is 18.2 Å². The van der Waals surface area contributed by atoms with Crippen molar-refractivity contribution in [2.24, 2.45) is 0 Å². The Morgan fingerprint density at radius 1 is 1.20 bits per heavy atom. The molecule has 0 bridgehead atoms. The van der Waals surface area contributed by atoms with Gasteiger partial charge in [0.2, 0.25) is 0 Å². The molecule has 2 aromatic rings. The minimum Gasteiger partial charge on any atom is -0.495 e. The molecule has 0 aliphatic carbocycles. The molecular weight excluding hydrogens is 323 g/mol. The predicted molar refractivity (Wildman–Crippen MR) is 82.5 cm³/mol. The molecule has 0 spiro atoms. The molecule has 0 radical (unpaired) electrons. The summed E-state index contributed by atoms with van der Waals surface area (Å²) >= 11 is 12.0. The first kappa shape index (κ1) is 16.6. The van der Waals surface area contributed by atoms with Crippen LogP contribution in [-0.4, -0.2) is 18.0 Å². The number of benzene rings is 1. The highest BCUT2D eigenvalue weighted by atomic mass is 35.5. The summed E-state index contributed by atoms with van der Waals surface area (Å²) in [5.74, 6) is 0.166. The standard InChI is InChI=1S/C13H10Cl2N2O2.ClH/c1-19-12-7-9(14)11(6-10(12)15)17-13(18)8-2-4-16-5-3-8;/h2-7H,1H3,(H,17,18);1H. The molecular formula is C13H11Cl3N2O2. The van der Waals surface area contributed by atoms with E-state index in [1.807, 2.05) is 0 Å². The van der Waals surface area contributed by atoms with Gasteiger partial charge < -0.3 is 10.1 Å². The van der Waals surface area contributed by atoms with Crippen molar-refractivity contribution in [2.45, 2.75) is 0 Å². The molecule has 0 fully saturated rings. The number of hydrogen-bond donors (Lipinski definition) is 1. The first-order chi connectivity index (χ1) is 9.11. The van der Waals surface area contributed by atoms with Crippen molar-refractivity contribution >= 4 is 47.2 Å². The minimum atomic E-state index is -0.287. The second-order valence-corrected chi connectivity index (χ2v) is 4.47. The van der Waals surface area contributed by atoms with Crippen LogP contribution in [0.15, 0.2) is 36.7 Å². The van der Waals surface area contributed by atoms with Crippen LogP contribution >= 0.6 is 35.6 Å². The average molecular weight is 334 g/mol. The monoisotopic (exact) mass is 332 g/mol. The predicted octanol–water partition coefficient (Wildman–Crippen LogP) is 4.07. The van der Waals surface area contributed by atoms with Gasteiger partial charge >= 0.3 is 0 Å². The van der Waals surface area contributed by atoms with E-state index in [4.69, 9.17) is 27.9 Å². The van der Waals surface area contributed by atoms with Gasteiger partial charge in [-0.2, -0.15) is 0 Å². The van der Waals surface area contributed by atoms with Crippen molar-refractivity contribution in [3.63, 3.8) is 0 Å². The van der Waals surface area contributed by atoms with E-state index >= 15 is 0 Å². The SMILES string of the molecule is COc1cc(Cl)c(NC(=O)c2ccncc2)cc1Cl.Cl. The fourth-order valence-corrected chi connectivity index (χ4v) is 1.92. The lowest BCUT2D eigenvalue weighted by molar-refractivity contribution is 0.102. The van der Waals surface area contributed by atoms with Gasteiger partial charge in [-0.25, -0.2) is 0 Å². The summed E-state index contributed by atoms with van der Waals surface area (Å²) in [5.41, 5.74) is 0.910. The van der Waals surface area contributed by atoms with E-state index in [1.54, 1.807) is 24.3 Å². The molecule has 20 heavy (non-hydrogen) atoms. The number of ether oxygens (including phenoxy) is 1. The zero-order valence-electron chi connectivity index (χ0n) is 10.4. The Morgan fingerprint density at radius 3 is 2.45 bits per heavy atom. The van der Waals surface area contributed by atoms with Gasteiger partial charge in [0.25, 0.3) is 5.91 Å². The number of methoxy groups -OCH3 is 1. The number of pyridine rings is 1. The maximum atomic E-state index is 12.0. The van der Waals surface area contributed by atoms with E-state index < -0.39 is 0 Å². The highest BCUT2D eigenvalue weighted by molar-refractivity contribution is 6.36. The Morgan fingerprint density at radius 2 is 1.85 bits per heavy atom. The first-order valence-corrected chi connectivity index (χ1v) is 6.12.